The van der Waals surface area contributed by atoms with Gasteiger partial charge >= 0.3 is 6.18 Å². The van der Waals surface area contributed by atoms with Gasteiger partial charge in [-0.2, -0.15) is 13.2 Å². The van der Waals surface area contributed by atoms with Crippen molar-refractivity contribution in [1.82, 2.24) is 15.3 Å². The van der Waals surface area contributed by atoms with E-state index in [0.29, 0.717) is 5.69 Å². The van der Waals surface area contributed by atoms with Crippen LogP contribution in [0.1, 0.15) is 22.6 Å². The molecule has 0 saturated carbocycles. The standard InChI is InChI=1S/C16H15F3N4O2/c1-9-5-13(24)23-14(22-9)12(7-20)15(25)21-8-10-3-2-4-11(6-10)16(17,18)19/h2-7H,8,20H2,1H3,(H,21,25)(H,22,23,24). The molecule has 132 valence electrons. The van der Waals surface area contributed by atoms with Crippen molar-refractivity contribution in [3.05, 3.63) is 69.5 Å². The summed E-state index contributed by atoms with van der Waals surface area (Å²) in [6.45, 7) is 1.43. The minimum Gasteiger partial charge on any atom is -0.404 e. The smallest absolute Gasteiger partial charge is 0.404 e. The second kappa shape index (κ2) is 7.20. The van der Waals surface area contributed by atoms with E-state index in [1.165, 1.54) is 18.2 Å². The molecular formula is C16H15F3N4O2. The molecule has 0 fully saturated rings. The van der Waals surface area contributed by atoms with Crippen LogP contribution in [-0.2, 0) is 17.5 Å². The lowest BCUT2D eigenvalue weighted by Crippen LogP contribution is -2.26. The number of carbonyl (C=O) groups is 1. The van der Waals surface area contributed by atoms with Crippen molar-refractivity contribution in [1.29, 1.82) is 0 Å². The summed E-state index contributed by atoms with van der Waals surface area (Å²) in [5.41, 5.74) is 4.74. The quantitative estimate of drug-likeness (QED) is 0.729. The predicted octanol–water partition coefficient (Wildman–Crippen LogP) is 1.71. The molecule has 1 amide bonds. The third kappa shape index (κ3) is 4.69. The van der Waals surface area contributed by atoms with Crippen LogP contribution in [0.25, 0.3) is 5.57 Å². The van der Waals surface area contributed by atoms with E-state index in [0.717, 1.165) is 18.3 Å². The highest BCUT2D eigenvalue weighted by molar-refractivity contribution is 6.18. The van der Waals surface area contributed by atoms with Crippen LogP contribution in [0.5, 0.6) is 0 Å². The second-order valence-electron chi connectivity index (χ2n) is 5.20. The fourth-order valence-electron chi connectivity index (χ4n) is 2.10. The number of aromatic amines is 1. The van der Waals surface area contributed by atoms with E-state index < -0.39 is 23.2 Å². The van der Waals surface area contributed by atoms with Gasteiger partial charge in [0.25, 0.3) is 11.5 Å². The molecule has 1 heterocycles. The summed E-state index contributed by atoms with van der Waals surface area (Å²) in [6.07, 6.45) is -3.49. The number of H-pyrrole nitrogens is 1. The maximum atomic E-state index is 12.7. The number of nitrogens with two attached hydrogens (primary N) is 1. The van der Waals surface area contributed by atoms with E-state index in [1.807, 2.05) is 0 Å². The molecule has 0 bridgehead atoms. The fourth-order valence-corrected chi connectivity index (χ4v) is 2.10. The molecule has 0 unspecified atom stereocenters. The molecule has 0 aliphatic heterocycles. The number of halogens is 3. The van der Waals surface area contributed by atoms with Gasteiger partial charge in [0.2, 0.25) is 0 Å². The van der Waals surface area contributed by atoms with Crippen LogP contribution >= 0.6 is 0 Å². The average molecular weight is 352 g/mol. The van der Waals surface area contributed by atoms with Crippen LogP contribution in [0.2, 0.25) is 0 Å². The number of amides is 1. The van der Waals surface area contributed by atoms with Crippen molar-refractivity contribution in [3.8, 4) is 0 Å². The van der Waals surface area contributed by atoms with Gasteiger partial charge in [0.05, 0.1) is 11.1 Å². The molecule has 2 rings (SSSR count). The number of aryl methyl sites for hydroxylation is 1. The average Bonchev–Trinajstić information content (AvgIpc) is 2.52. The summed E-state index contributed by atoms with van der Waals surface area (Å²) in [7, 11) is 0. The number of aromatic nitrogens is 2. The molecule has 0 saturated heterocycles. The molecule has 1 aromatic carbocycles. The Kier molecular flexibility index (Phi) is 5.26. The number of nitrogens with zero attached hydrogens (tertiary/aromatic N) is 1. The van der Waals surface area contributed by atoms with Crippen LogP contribution in [0.15, 0.2) is 41.3 Å². The highest BCUT2D eigenvalue weighted by Gasteiger charge is 2.30. The Morgan fingerprint density at radius 3 is 2.68 bits per heavy atom. The number of benzene rings is 1. The van der Waals surface area contributed by atoms with Gasteiger partial charge in [-0.3, -0.25) is 9.59 Å². The van der Waals surface area contributed by atoms with E-state index in [-0.39, 0.29) is 23.5 Å². The Balaban J connectivity index is 2.15. The Hall–Kier alpha value is -3.10. The summed E-state index contributed by atoms with van der Waals surface area (Å²) in [4.78, 5) is 30.1. The second-order valence-corrected chi connectivity index (χ2v) is 5.20. The normalized spacial score (nSPS) is 12.1. The van der Waals surface area contributed by atoms with Gasteiger partial charge in [0, 0.05) is 24.5 Å². The number of hydrogen-bond donors (Lipinski definition) is 3. The first kappa shape index (κ1) is 18.2. The summed E-state index contributed by atoms with van der Waals surface area (Å²) in [5, 5.41) is 2.45. The first-order valence-electron chi connectivity index (χ1n) is 7.15. The molecule has 9 heteroatoms. The molecule has 0 radical (unpaired) electrons. The molecule has 1 aromatic heterocycles. The van der Waals surface area contributed by atoms with Crippen LogP contribution in [-0.4, -0.2) is 15.9 Å². The Morgan fingerprint density at radius 2 is 2.08 bits per heavy atom. The maximum absolute atomic E-state index is 12.7. The monoisotopic (exact) mass is 352 g/mol. The minimum absolute atomic E-state index is 0.0194. The molecule has 0 aliphatic rings. The van der Waals surface area contributed by atoms with Crippen LogP contribution in [0.3, 0.4) is 0 Å². The van der Waals surface area contributed by atoms with E-state index in [2.05, 4.69) is 15.3 Å². The summed E-state index contributed by atoms with van der Waals surface area (Å²) >= 11 is 0. The maximum Gasteiger partial charge on any atom is 0.416 e. The highest BCUT2D eigenvalue weighted by atomic mass is 19.4. The van der Waals surface area contributed by atoms with E-state index in [9.17, 15) is 22.8 Å². The lowest BCUT2D eigenvalue weighted by Gasteiger charge is -2.11. The third-order valence-electron chi connectivity index (χ3n) is 3.24. The molecule has 25 heavy (non-hydrogen) atoms. The first-order valence-corrected chi connectivity index (χ1v) is 7.15. The fraction of sp³-hybridized carbons (Fsp3) is 0.188. The van der Waals surface area contributed by atoms with Gasteiger partial charge in [-0.05, 0) is 24.6 Å². The van der Waals surface area contributed by atoms with Crippen molar-refractivity contribution in [3.63, 3.8) is 0 Å². The topological polar surface area (TPSA) is 101 Å². The molecular weight excluding hydrogens is 337 g/mol. The van der Waals surface area contributed by atoms with Gasteiger partial charge in [0.1, 0.15) is 5.82 Å². The van der Waals surface area contributed by atoms with Crippen molar-refractivity contribution < 1.29 is 18.0 Å². The zero-order chi connectivity index (χ0) is 18.6. The molecule has 0 aliphatic carbocycles. The molecule has 6 nitrogen and oxygen atoms in total. The van der Waals surface area contributed by atoms with Crippen molar-refractivity contribution in [2.75, 3.05) is 0 Å². The number of nitrogens with one attached hydrogen (secondary N) is 2. The zero-order valence-corrected chi connectivity index (χ0v) is 13.1. The SMILES string of the molecule is Cc1cc(=O)[nH]c(C(=CN)C(=O)NCc2cccc(C(F)(F)F)c2)n1. The van der Waals surface area contributed by atoms with E-state index >= 15 is 0 Å². The highest BCUT2D eigenvalue weighted by Crippen LogP contribution is 2.29. The van der Waals surface area contributed by atoms with E-state index in [1.54, 1.807) is 6.92 Å². The van der Waals surface area contributed by atoms with Crippen molar-refractivity contribution in [2.24, 2.45) is 5.73 Å². The lowest BCUT2D eigenvalue weighted by atomic mass is 10.1. The van der Waals surface area contributed by atoms with Gasteiger partial charge < -0.3 is 16.0 Å². The number of carbonyl (C=O) groups excluding carboxylic acids is 1. The van der Waals surface area contributed by atoms with E-state index in [4.69, 9.17) is 5.73 Å². The molecule has 4 N–H and O–H groups in total. The molecule has 0 atom stereocenters. The number of alkyl halides is 3. The van der Waals surface area contributed by atoms with Crippen LogP contribution < -0.4 is 16.6 Å². The lowest BCUT2D eigenvalue weighted by molar-refractivity contribution is -0.137. The largest absolute Gasteiger partial charge is 0.416 e. The van der Waals surface area contributed by atoms with Crippen molar-refractivity contribution >= 4 is 11.5 Å². The Bertz CT molecular complexity index is 872. The van der Waals surface area contributed by atoms with Crippen LogP contribution in [0, 0.1) is 6.92 Å². The Morgan fingerprint density at radius 1 is 1.36 bits per heavy atom. The van der Waals surface area contributed by atoms with Crippen molar-refractivity contribution in [2.45, 2.75) is 19.6 Å². The van der Waals surface area contributed by atoms with Gasteiger partial charge in [-0.1, -0.05) is 12.1 Å². The van der Waals surface area contributed by atoms with Gasteiger partial charge in [-0.25, -0.2) is 4.98 Å². The summed E-state index contributed by atoms with van der Waals surface area (Å²) in [5.74, 6) is -0.692. The zero-order valence-electron chi connectivity index (χ0n) is 13.1. The molecule has 2 aromatic rings. The third-order valence-corrected chi connectivity index (χ3v) is 3.24. The summed E-state index contributed by atoms with van der Waals surface area (Å²) in [6, 6.07) is 5.84. The van der Waals surface area contributed by atoms with Gasteiger partial charge in [-0.15, -0.1) is 0 Å². The van der Waals surface area contributed by atoms with Crippen LogP contribution in [0.4, 0.5) is 13.2 Å². The molecule has 0 spiro atoms. The Labute approximate surface area is 140 Å². The predicted molar refractivity (Wildman–Crippen MR) is 85.0 cm³/mol. The minimum atomic E-state index is -4.46. The summed E-state index contributed by atoms with van der Waals surface area (Å²) < 4.78 is 38.1. The van der Waals surface area contributed by atoms with Gasteiger partial charge in [0.15, 0.2) is 0 Å². The number of hydrogen-bond acceptors (Lipinski definition) is 4. The first-order chi connectivity index (χ1) is 11.7. The number of rotatable bonds is 4.